The first kappa shape index (κ1) is 17.7. The third kappa shape index (κ3) is 3.81. The fourth-order valence-electron chi connectivity index (χ4n) is 2.43. The lowest BCUT2D eigenvalue weighted by Crippen LogP contribution is -2.49. The first-order valence-corrected chi connectivity index (χ1v) is 8.59. The van der Waals surface area contributed by atoms with Gasteiger partial charge in [0, 0.05) is 32.7 Å². The Hall–Kier alpha value is -1.68. The highest BCUT2D eigenvalue weighted by Crippen LogP contribution is 2.25. The maximum Gasteiger partial charge on any atom is 0.341 e. The number of ether oxygens (including phenoxy) is 1. The van der Waals surface area contributed by atoms with Crippen LogP contribution in [0.2, 0.25) is 0 Å². The summed E-state index contributed by atoms with van der Waals surface area (Å²) >= 11 is 0. The van der Waals surface area contributed by atoms with E-state index >= 15 is 0 Å². The summed E-state index contributed by atoms with van der Waals surface area (Å²) in [5, 5.41) is 18.6. The van der Waals surface area contributed by atoms with Gasteiger partial charge < -0.3 is 14.9 Å². The Morgan fingerprint density at radius 2 is 1.91 bits per heavy atom. The number of aromatic hydroxyl groups is 1. The van der Waals surface area contributed by atoms with Crippen LogP contribution in [0.15, 0.2) is 23.1 Å². The molecule has 0 atom stereocenters. The summed E-state index contributed by atoms with van der Waals surface area (Å²) < 4.78 is 31.2. The van der Waals surface area contributed by atoms with Gasteiger partial charge in [0.2, 0.25) is 10.0 Å². The quantitative estimate of drug-likeness (QED) is 0.691. The molecule has 128 valence electrons. The van der Waals surface area contributed by atoms with Gasteiger partial charge in [-0.2, -0.15) is 4.31 Å². The standard InChI is InChI=1S/C14H20N2O6S/c1-22-14(19)12-10-11(2-3-13(12)18)23(20,21)16-6-4-15(5-7-16)8-9-17/h2-3,10,17-18H,4-9H2,1H3/i14+2. The third-order valence-corrected chi connectivity index (χ3v) is 5.65. The van der Waals surface area contributed by atoms with E-state index in [0.717, 1.165) is 13.2 Å². The molecule has 23 heavy (non-hydrogen) atoms. The highest BCUT2D eigenvalue weighted by molar-refractivity contribution is 7.89. The van der Waals surface area contributed by atoms with Crippen molar-refractivity contribution in [1.29, 1.82) is 0 Å². The lowest BCUT2D eigenvalue weighted by atomic mass is 10.3. The summed E-state index contributed by atoms with van der Waals surface area (Å²) in [6, 6.07) is 3.55. The number of phenolic OH excluding ortho intramolecular Hbond substituents is 1. The van der Waals surface area contributed by atoms with E-state index < -0.39 is 16.0 Å². The SMILES string of the molecule is CO[14C](=O)c1cc(S(=O)(=O)N2CCN(CCO)CC2)ccc1O. The molecule has 2 N–H and O–H groups in total. The molecule has 2 rings (SSSR count). The van der Waals surface area contributed by atoms with E-state index in [1.54, 1.807) is 0 Å². The molecule has 1 aromatic rings. The maximum atomic E-state index is 12.7. The molecular weight excluding hydrogens is 326 g/mol. The highest BCUT2D eigenvalue weighted by Gasteiger charge is 2.29. The van der Waals surface area contributed by atoms with Gasteiger partial charge in [0.15, 0.2) is 0 Å². The molecule has 0 amide bonds. The number of hydrogen-bond acceptors (Lipinski definition) is 7. The minimum Gasteiger partial charge on any atom is -0.507 e. The molecule has 1 aromatic carbocycles. The van der Waals surface area contributed by atoms with Crippen molar-refractivity contribution in [2.75, 3.05) is 46.4 Å². The minimum atomic E-state index is -3.76. The molecule has 9 heteroatoms. The van der Waals surface area contributed by atoms with Crippen molar-refractivity contribution in [2.45, 2.75) is 4.90 Å². The van der Waals surface area contributed by atoms with Crippen LogP contribution < -0.4 is 0 Å². The molecule has 0 bridgehead atoms. The average molecular weight is 346 g/mol. The predicted octanol–water partition coefficient (Wildman–Crippen LogP) is -0.523. The van der Waals surface area contributed by atoms with Crippen molar-refractivity contribution in [3.63, 3.8) is 0 Å². The van der Waals surface area contributed by atoms with Crippen molar-refractivity contribution in [1.82, 2.24) is 9.21 Å². The number of nitrogens with zero attached hydrogens (tertiary/aromatic N) is 2. The Balaban J connectivity index is 2.22. The van der Waals surface area contributed by atoms with E-state index in [1.165, 1.54) is 16.4 Å². The number of phenols is 1. The van der Waals surface area contributed by atoms with E-state index in [4.69, 9.17) is 5.11 Å². The second-order valence-corrected chi connectivity index (χ2v) is 7.08. The Morgan fingerprint density at radius 1 is 1.26 bits per heavy atom. The van der Waals surface area contributed by atoms with Crippen LogP contribution in [0.4, 0.5) is 0 Å². The number of carbonyl (C=O) groups excluding carboxylic acids is 1. The number of rotatable bonds is 5. The lowest BCUT2D eigenvalue weighted by molar-refractivity contribution is 0.0597. The van der Waals surface area contributed by atoms with Crippen LogP contribution in [0.3, 0.4) is 0 Å². The van der Waals surface area contributed by atoms with E-state index in [0.29, 0.717) is 32.7 Å². The van der Waals surface area contributed by atoms with E-state index in [-0.39, 0.29) is 22.8 Å². The minimum absolute atomic E-state index is 0.0349. The predicted molar refractivity (Wildman–Crippen MR) is 81.7 cm³/mol. The lowest BCUT2D eigenvalue weighted by Gasteiger charge is -2.33. The summed E-state index contributed by atoms with van der Waals surface area (Å²) in [5.74, 6) is -1.13. The molecule has 1 aliphatic rings. The van der Waals surface area contributed by atoms with Gasteiger partial charge in [0.05, 0.1) is 18.6 Å². The number of aliphatic hydroxyl groups is 1. The summed E-state index contributed by atoms with van der Waals surface area (Å²) in [5.41, 5.74) is -0.188. The largest absolute Gasteiger partial charge is 0.507 e. The molecule has 1 heterocycles. The Kier molecular flexibility index (Phi) is 5.58. The summed E-state index contributed by atoms with van der Waals surface area (Å²) in [4.78, 5) is 13.5. The molecule has 0 saturated carbocycles. The van der Waals surface area contributed by atoms with Gasteiger partial charge in [-0.1, -0.05) is 0 Å². The van der Waals surface area contributed by atoms with Gasteiger partial charge in [-0.15, -0.1) is 0 Å². The van der Waals surface area contributed by atoms with Crippen molar-refractivity contribution in [3.8, 4) is 5.75 Å². The number of sulfonamides is 1. The van der Waals surface area contributed by atoms with Gasteiger partial charge in [-0.3, -0.25) is 4.90 Å². The summed E-state index contributed by atoms with van der Waals surface area (Å²) in [6.45, 7) is 2.21. The Bertz CT molecular complexity index is 668. The third-order valence-electron chi connectivity index (χ3n) is 3.76. The Labute approximate surface area is 134 Å². The molecule has 0 spiro atoms. The first-order chi connectivity index (χ1) is 10.9. The van der Waals surface area contributed by atoms with Crippen LogP contribution in [0.1, 0.15) is 10.4 Å². The zero-order valence-electron chi connectivity index (χ0n) is 12.8. The number of methoxy groups -OCH3 is 1. The summed E-state index contributed by atoms with van der Waals surface area (Å²) in [6.07, 6.45) is 0. The molecule has 0 radical (unpaired) electrons. The van der Waals surface area contributed by atoms with Crippen LogP contribution in [-0.2, 0) is 14.8 Å². The van der Waals surface area contributed by atoms with Gasteiger partial charge in [-0.25, -0.2) is 13.2 Å². The highest BCUT2D eigenvalue weighted by atomic mass is 32.2. The first-order valence-electron chi connectivity index (χ1n) is 7.15. The van der Waals surface area contributed by atoms with Gasteiger partial charge in [-0.05, 0) is 18.2 Å². The topological polar surface area (TPSA) is 107 Å². The number of aliphatic hydroxyl groups excluding tert-OH is 1. The second-order valence-electron chi connectivity index (χ2n) is 5.14. The van der Waals surface area contributed by atoms with Crippen LogP contribution in [0.5, 0.6) is 5.75 Å². The van der Waals surface area contributed by atoms with E-state index in [1.807, 2.05) is 4.90 Å². The van der Waals surface area contributed by atoms with Crippen molar-refractivity contribution in [3.05, 3.63) is 23.8 Å². The zero-order valence-corrected chi connectivity index (χ0v) is 13.6. The average Bonchev–Trinajstić information content (AvgIpc) is 2.55. The molecule has 8 nitrogen and oxygen atoms in total. The molecule has 0 aliphatic carbocycles. The van der Waals surface area contributed by atoms with Crippen LogP contribution >= 0.6 is 0 Å². The monoisotopic (exact) mass is 346 g/mol. The summed E-state index contributed by atoms with van der Waals surface area (Å²) in [7, 11) is -2.60. The molecule has 0 aromatic heterocycles. The number of esters is 1. The molecule has 1 aliphatic heterocycles. The maximum absolute atomic E-state index is 12.7. The number of piperazine rings is 1. The number of hydrogen-bond donors (Lipinski definition) is 2. The van der Waals surface area contributed by atoms with Crippen LogP contribution in [0, 0.1) is 0 Å². The number of carbonyl (C=O) groups is 1. The van der Waals surface area contributed by atoms with Crippen molar-refractivity contribution in [2.24, 2.45) is 0 Å². The zero-order chi connectivity index (χ0) is 17.0. The van der Waals surface area contributed by atoms with E-state index in [9.17, 15) is 18.3 Å². The van der Waals surface area contributed by atoms with E-state index in [2.05, 4.69) is 4.74 Å². The molecular formula is C14H20N2O6S. The van der Waals surface area contributed by atoms with Gasteiger partial charge in [0.1, 0.15) is 11.3 Å². The van der Waals surface area contributed by atoms with Crippen molar-refractivity contribution < 1.29 is 28.2 Å². The molecule has 0 unspecified atom stereocenters. The van der Waals surface area contributed by atoms with Crippen LogP contribution in [0.25, 0.3) is 0 Å². The Morgan fingerprint density at radius 3 is 2.48 bits per heavy atom. The molecule has 1 saturated heterocycles. The normalized spacial score (nSPS) is 17.1. The van der Waals surface area contributed by atoms with Gasteiger partial charge >= 0.3 is 5.97 Å². The fourth-order valence-corrected chi connectivity index (χ4v) is 3.88. The van der Waals surface area contributed by atoms with Crippen molar-refractivity contribution >= 4 is 16.0 Å². The molecule has 1 fully saturated rings. The smallest absolute Gasteiger partial charge is 0.341 e. The number of benzene rings is 1. The van der Waals surface area contributed by atoms with Gasteiger partial charge in [0.25, 0.3) is 0 Å². The fraction of sp³-hybridized carbons (Fsp3) is 0.500. The number of β-amino-alcohol motifs (C(OH)–C–C–N with tert-alkyl or cyclic N) is 1. The second kappa shape index (κ2) is 7.26. The van der Waals surface area contributed by atoms with Crippen LogP contribution in [-0.4, -0.2) is 80.2 Å².